The zero-order valence-corrected chi connectivity index (χ0v) is 10.5. The van der Waals surface area contributed by atoms with Gasteiger partial charge in [0, 0.05) is 4.90 Å². The summed E-state index contributed by atoms with van der Waals surface area (Å²) < 4.78 is 0. The fourth-order valence-corrected chi connectivity index (χ4v) is 1.43. The summed E-state index contributed by atoms with van der Waals surface area (Å²) in [4.78, 5) is 1.01. The molecule has 1 aromatic carbocycles. The van der Waals surface area contributed by atoms with Crippen molar-refractivity contribution in [1.82, 2.24) is 0 Å². The van der Waals surface area contributed by atoms with E-state index in [1.807, 2.05) is 12.1 Å². The van der Waals surface area contributed by atoms with Gasteiger partial charge in [-0.25, -0.2) is 0 Å². The second kappa shape index (κ2) is 5.82. The van der Waals surface area contributed by atoms with Crippen LogP contribution >= 0.6 is 12.6 Å². The zero-order chi connectivity index (χ0) is 11.3. The van der Waals surface area contributed by atoms with Crippen LogP contribution in [0, 0.1) is 0 Å². The summed E-state index contributed by atoms with van der Waals surface area (Å²) in [7, 11) is 0. The zero-order valence-electron chi connectivity index (χ0n) is 9.57. The van der Waals surface area contributed by atoms with Gasteiger partial charge in [0.2, 0.25) is 0 Å². The van der Waals surface area contributed by atoms with Gasteiger partial charge in [0.05, 0.1) is 0 Å². The highest BCUT2D eigenvalue weighted by Crippen LogP contribution is 2.19. The first-order chi connectivity index (χ1) is 7.13. The number of hydrogen-bond acceptors (Lipinski definition) is 1. The average Bonchev–Trinajstić information content (AvgIpc) is 2.26. The molecule has 1 rings (SSSR count). The molecule has 0 aliphatic heterocycles. The predicted molar refractivity (Wildman–Crippen MR) is 70.7 cm³/mol. The summed E-state index contributed by atoms with van der Waals surface area (Å²) >= 11 is 4.27. The Morgan fingerprint density at radius 1 is 1.27 bits per heavy atom. The topological polar surface area (TPSA) is 0 Å². The summed E-state index contributed by atoms with van der Waals surface area (Å²) in [6.45, 7) is 6.37. The van der Waals surface area contributed by atoms with Crippen LogP contribution < -0.4 is 0 Å². The Balaban J connectivity index is 2.73. The number of allylic oxidation sites excluding steroid dienone is 4. The van der Waals surface area contributed by atoms with Crippen LogP contribution in [0.4, 0.5) is 0 Å². The summed E-state index contributed by atoms with van der Waals surface area (Å²) in [5, 5.41) is 0. The van der Waals surface area contributed by atoms with Gasteiger partial charge in [-0.15, -0.1) is 12.6 Å². The Kier molecular flexibility index (Phi) is 4.70. The molecule has 0 radical (unpaired) electrons. The second-order valence-electron chi connectivity index (χ2n) is 3.77. The monoisotopic (exact) mass is 218 g/mol. The van der Waals surface area contributed by atoms with E-state index in [0.29, 0.717) is 5.92 Å². The Morgan fingerprint density at radius 3 is 2.40 bits per heavy atom. The first kappa shape index (κ1) is 12.1. The first-order valence-electron chi connectivity index (χ1n) is 5.23. The molecular formula is C14H18S. The molecular weight excluding hydrogens is 200 g/mol. The standard InChI is InChI=1S/C14H18S/c1-4-11(2)5-6-12(3)13-7-9-14(15)10-8-13/h4-10,12,15H,1-3H3/b6-5-,11-4-. The van der Waals surface area contributed by atoms with Gasteiger partial charge in [0.25, 0.3) is 0 Å². The molecule has 0 N–H and O–H groups in total. The molecule has 0 spiro atoms. The van der Waals surface area contributed by atoms with Crippen LogP contribution in [0.1, 0.15) is 32.3 Å². The smallest absolute Gasteiger partial charge is 0.00401 e. The fraction of sp³-hybridized carbons (Fsp3) is 0.286. The van der Waals surface area contributed by atoms with Crippen LogP contribution in [-0.2, 0) is 0 Å². The molecule has 0 heterocycles. The molecule has 0 aromatic heterocycles. The molecule has 1 heteroatoms. The number of thiol groups is 1. The number of benzene rings is 1. The Morgan fingerprint density at radius 2 is 1.87 bits per heavy atom. The lowest BCUT2D eigenvalue weighted by molar-refractivity contribution is 0.962. The fourth-order valence-electron chi connectivity index (χ4n) is 1.28. The molecule has 0 amide bonds. The summed E-state index contributed by atoms with van der Waals surface area (Å²) in [6, 6.07) is 8.32. The van der Waals surface area contributed by atoms with E-state index in [1.165, 1.54) is 11.1 Å². The van der Waals surface area contributed by atoms with Crippen LogP contribution in [0.2, 0.25) is 0 Å². The lowest BCUT2D eigenvalue weighted by Gasteiger charge is -2.06. The van der Waals surface area contributed by atoms with E-state index in [2.05, 4.69) is 63.8 Å². The minimum Gasteiger partial charge on any atom is -0.143 e. The van der Waals surface area contributed by atoms with Crippen molar-refractivity contribution in [2.75, 3.05) is 0 Å². The highest BCUT2D eigenvalue weighted by atomic mass is 32.1. The summed E-state index contributed by atoms with van der Waals surface area (Å²) in [5.74, 6) is 0.453. The normalized spacial score (nSPS) is 14.5. The van der Waals surface area contributed by atoms with E-state index in [0.717, 1.165) is 4.90 Å². The number of rotatable bonds is 3. The summed E-state index contributed by atoms with van der Waals surface area (Å²) in [5.41, 5.74) is 2.63. The van der Waals surface area contributed by atoms with Gasteiger partial charge in [0.15, 0.2) is 0 Å². The maximum atomic E-state index is 4.27. The second-order valence-corrected chi connectivity index (χ2v) is 4.29. The first-order valence-corrected chi connectivity index (χ1v) is 5.68. The van der Waals surface area contributed by atoms with Crippen molar-refractivity contribution in [3.8, 4) is 0 Å². The van der Waals surface area contributed by atoms with Crippen molar-refractivity contribution in [2.45, 2.75) is 31.6 Å². The quantitative estimate of drug-likeness (QED) is 0.556. The van der Waals surface area contributed by atoms with Crippen LogP contribution in [0.3, 0.4) is 0 Å². The van der Waals surface area contributed by atoms with Gasteiger partial charge in [-0.2, -0.15) is 0 Å². The van der Waals surface area contributed by atoms with Gasteiger partial charge in [-0.1, -0.05) is 42.9 Å². The van der Waals surface area contributed by atoms with E-state index < -0.39 is 0 Å². The van der Waals surface area contributed by atoms with Gasteiger partial charge < -0.3 is 0 Å². The van der Waals surface area contributed by atoms with E-state index in [4.69, 9.17) is 0 Å². The van der Waals surface area contributed by atoms with Gasteiger partial charge in [-0.05, 0) is 37.5 Å². The van der Waals surface area contributed by atoms with E-state index >= 15 is 0 Å². The van der Waals surface area contributed by atoms with Crippen LogP contribution in [-0.4, -0.2) is 0 Å². The van der Waals surface area contributed by atoms with Crippen LogP contribution in [0.25, 0.3) is 0 Å². The highest BCUT2D eigenvalue weighted by Gasteiger charge is 1.99. The van der Waals surface area contributed by atoms with Crippen molar-refractivity contribution in [3.05, 3.63) is 53.6 Å². The molecule has 0 aliphatic carbocycles. The maximum Gasteiger partial charge on any atom is 0.00401 e. The van der Waals surface area contributed by atoms with Crippen LogP contribution in [0.5, 0.6) is 0 Å². The largest absolute Gasteiger partial charge is 0.143 e. The molecule has 80 valence electrons. The molecule has 0 nitrogen and oxygen atoms in total. The third-order valence-electron chi connectivity index (χ3n) is 2.52. The lowest BCUT2D eigenvalue weighted by atomic mass is 10.00. The molecule has 0 bridgehead atoms. The molecule has 0 saturated carbocycles. The third-order valence-corrected chi connectivity index (χ3v) is 2.82. The van der Waals surface area contributed by atoms with Crippen LogP contribution in [0.15, 0.2) is 53.0 Å². The molecule has 0 fully saturated rings. The number of hydrogen-bond donors (Lipinski definition) is 1. The van der Waals surface area contributed by atoms with Gasteiger partial charge in [-0.3, -0.25) is 0 Å². The van der Waals surface area contributed by atoms with E-state index in [9.17, 15) is 0 Å². The average molecular weight is 218 g/mol. The minimum atomic E-state index is 0.453. The van der Waals surface area contributed by atoms with Crippen molar-refractivity contribution < 1.29 is 0 Å². The summed E-state index contributed by atoms with van der Waals surface area (Å²) in [6.07, 6.45) is 6.50. The lowest BCUT2D eigenvalue weighted by Crippen LogP contribution is -1.88. The molecule has 1 aromatic rings. The Labute approximate surface area is 98.1 Å². The Hall–Kier alpha value is -0.950. The van der Waals surface area contributed by atoms with Crippen molar-refractivity contribution in [2.24, 2.45) is 0 Å². The van der Waals surface area contributed by atoms with Crippen molar-refractivity contribution in [3.63, 3.8) is 0 Å². The molecule has 1 unspecified atom stereocenters. The van der Waals surface area contributed by atoms with Crippen molar-refractivity contribution in [1.29, 1.82) is 0 Å². The third kappa shape index (κ3) is 3.96. The molecule has 0 aliphatic rings. The highest BCUT2D eigenvalue weighted by molar-refractivity contribution is 7.80. The van der Waals surface area contributed by atoms with E-state index in [1.54, 1.807) is 0 Å². The molecule has 1 atom stereocenters. The minimum absolute atomic E-state index is 0.453. The van der Waals surface area contributed by atoms with Crippen molar-refractivity contribution >= 4 is 12.6 Å². The Bertz CT molecular complexity index is 357. The SMILES string of the molecule is C/C=C(C)\C=C/C(C)c1ccc(S)cc1. The molecule has 0 saturated heterocycles. The molecule has 15 heavy (non-hydrogen) atoms. The van der Waals surface area contributed by atoms with Gasteiger partial charge in [0.1, 0.15) is 0 Å². The maximum absolute atomic E-state index is 4.27. The van der Waals surface area contributed by atoms with Gasteiger partial charge >= 0.3 is 0 Å². The predicted octanol–water partition coefficient (Wildman–Crippen LogP) is 4.60. The van der Waals surface area contributed by atoms with E-state index in [-0.39, 0.29) is 0 Å².